The minimum atomic E-state index is 0.841. The van der Waals surface area contributed by atoms with E-state index >= 15 is 0 Å². The van der Waals surface area contributed by atoms with Crippen molar-refractivity contribution in [3.8, 4) is 0 Å². The number of aryl methyl sites for hydroxylation is 2. The summed E-state index contributed by atoms with van der Waals surface area (Å²) in [5.41, 5.74) is 3.54. The number of halogens is 1. The van der Waals surface area contributed by atoms with Crippen LogP contribution in [-0.4, -0.2) is 16.8 Å². The predicted molar refractivity (Wildman–Crippen MR) is 78.8 cm³/mol. The van der Waals surface area contributed by atoms with Crippen LogP contribution in [0.3, 0.4) is 0 Å². The molecule has 0 N–H and O–H groups in total. The maximum Gasteiger partial charge on any atom is 0.0767 e. The lowest BCUT2D eigenvalue weighted by Gasteiger charge is -2.19. The minimum absolute atomic E-state index is 0.841. The number of hydrogen-bond donors (Lipinski definition) is 0. The highest BCUT2D eigenvalue weighted by Gasteiger charge is 2.14. The molecule has 1 heterocycles. The average Bonchev–Trinajstić information content (AvgIpc) is 2.67. The Morgan fingerprint density at radius 2 is 1.94 bits per heavy atom. The molecule has 0 unspecified atom stereocenters. The van der Waals surface area contributed by atoms with E-state index in [0.717, 1.165) is 23.1 Å². The molecule has 4 heteroatoms. The van der Waals surface area contributed by atoms with Gasteiger partial charge in [0, 0.05) is 19.8 Å². The second-order valence-corrected chi connectivity index (χ2v) is 5.17. The fourth-order valence-electron chi connectivity index (χ4n) is 1.99. The Morgan fingerprint density at radius 1 is 1.28 bits per heavy atom. The molecule has 0 aliphatic rings. The maximum absolute atomic E-state index is 4.52. The number of hydrogen-bond acceptors (Lipinski definition) is 2. The van der Waals surface area contributed by atoms with Crippen LogP contribution in [0.25, 0.3) is 0 Å². The Labute approximate surface area is 117 Å². The highest BCUT2D eigenvalue weighted by molar-refractivity contribution is 9.10. The number of rotatable bonds is 4. The Morgan fingerprint density at radius 3 is 2.50 bits per heavy atom. The second-order valence-electron chi connectivity index (χ2n) is 4.38. The van der Waals surface area contributed by atoms with Crippen LogP contribution in [-0.2, 0) is 20.0 Å². The summed E-state index contributed by atoms with van der Waals surface area (Å²) in [4.78, 5) is 2.22. The normalized spacial score (nSPS) is 10.7. The molecule has 0 amide bonds. The average molecular weight is 308 g/mol. The Bertz CT molecular complexity index is 519. The zero-order valence-corrected chi connectivity index (χ0v) is 12.6. The lowest BCUT2D eigenvalue weighted by Crippen LogP contribution is -2.18. The van der Waals surface area contributed by atoms with Crippen molar-refractivity contribution >= 4 is 21.6 Å². The van der Waals surface area contributed by atoms with Gasteiger partial charge in [0.05, 0.1) is 22.4 Å². The third-order valence-electron chi connectivity index (χ3n) is 3.09. The highest BCUT2D eigenvalue weighted by atomic mass is 79.9. The fourth-order valence-corrected chi connectivity index (χ4v) is 2.73. The van der Waals surface area contributed by atoms with E-state index in [1.165, 1.54) is 11.4 Å². The van der Waals surface area contributed by atoms with E-state index in [-0.39, 0.29) is 0 Å². The van der Waals surface area contributed by atoms with Gasteiger partial charge in [-0.25, -0.2) is 0 Å². The zero-order chi connectivity index (χ0) is 13.1. The van der Waals surface area contributed by atoms with Crippen molar-refractivity contribution < 1.29 is 0 Å². The molecule has 0 bridgehead atoms. The van der Waals surface area contributed by atoms with Crippen molar-refractivity contribution in [2.75, 3.05) is 11.9 Å². The number of anilines is 1. The summed E-state index contributed by atoms with van der Waals surface area (Å²) in [6, 6.07) is 10.4. The standard InChI is InChI=1S/C14H18BrN3/c1-4-12-14(15)13(18(3)16-12)10-17(2)11-8-6-5-7-9-11/h5-9H,4,10H2,1-3H3. The molecule has 18 heavy (non-hydrogen) atoms. The van der Waals surface area contributed by atoms with Gasteiger partial charge >= 0.3 is 0 Å². The van der Waals surface area contributed by atoms with Crippen LogP contribution < -0.4 is 4.90 Å². The lowest BCUT2D eigenvalue weighted by atomic mass is 10.2. The van der Waals surface area contributed by atoms with Crippen molar-refractivity contribution in [3.63, 3.8) is 0 Å². The molecular weight excluding hydrogens is 290 g/mol. The van der Waals surface area contributed by atoms with E-state index in [2.05, 4.69) is 64.2 Å². The van der Waals surface area contributed by atoms with E-state index in [4.69, 9.17) is 0 Å². The van der Waals surface area contributed by atoms with Gasteiger partial charge < -0.3 is 4.90 Å². The monoisotopic (exact) mass is 307 g/mol. The van der Waals surface area contributed by atoms with Gasteiger partial charge in [0.25, 0.3) is 0 Å². The van der Waals surface area contributed by atoms with Gasteiger partial charge in [-0.05, 0) is 34.5 Å². The number of aromatic nitrogens is 2. The third-order valence-corrected chi connectivity index (χ3v) is 4.00. The molecule has 0 aliphatic carbocycles. The topological polar surface area (TPSA) is 21.1 Å². The number of nitrogens with zero attached hydrogens (tertiary/aromatic N) is 3. The van der Waals surface area contributed by atoms with Crippen molar-refractivity contribution in [1.29, 1.82) is 0 Å². The first-order valence-corrected chi connectivity index (χ1v) is 6.89. The third kappa shape index (κ3) is 2.58. The molecule has 0 fully saturated rings. The van der Waals surface area contributed by atoms with Gasteiger partial charge in [-0.2, -0.15) is 5.10 Å². The summed E-state index contributed by atoms with van der Waals surface area (Å²) < 4.78 is 3.10. The number of para-hydroxylation sites is 1. The van der Waals surface area contributed by atoms with Gasteiger partial charge in [-0.3, -0.25) is 4.68 Å². The highest BCUT2D eigenvalue weighted by Crippen LogP contribution is 2.24. The lowest BCUT2D eigenvalue weighted by molar-refractivity contribution is 0.688. The van der Waals surface area contributed by atoms with E-state index in [0.29, 0.717) is 0 Å². The molecular formula is C14H18BrN3. The summed E-state index contributed by atoms with van der Waals surface area (Å²) in [6.45, 7) is 2.96. The predicted octanol–water partition coefficient (Wildman–Crippen LogP) is 3.38. The maximum atomic E-state index is 4.52. The molecule has 96 valence electrons. The van der Waals surface area contributed by atoms with Crippen LogP contribution in [0.5, 0.6) is 0 Å². The molecule has 3 nitrogen and oxygen atoms in total. The minimum Gasteiger partial charge on any atom is -0.369 e. The van der Waals surface area contributed by atoms with E-state index in [1.54, 1.807) is 0 Å². The van der Waals surface area contributed by atoms with Crippen LogP contribution >= 0.6 is 15.9 Å². The quantitative estimate of drug-likeness (QED) is 0.863. The molecule has 0 saturated carbocycles. The molecule has 0 atom stereocenters. The van der Waals surface area contributed by atoms with Crippen LogP contribution in [0.15, 0.2) is 34.8 Å². The van der Waals surface area contributed by atoms with E-state index in [9.17, 15) is 0 Å². The van der Waals surface area contributed by atoms with E-state index in [1.807, 2.05) is 17.8 Å². The number of benzene rings is 1. The molecule has 2 aromatic rings. The van der Waals surface area contributed by atoms with Crippen LogP contribution in [0.1, 0.15) is 18.3 Å². The molecule has 0 aliphatic heterocycles. The largest absolute Gasteiger partial charge is 0.369 e. The molecule has 1 aromatic heterocycles. The fraction of sp³-hybridized carbons (Fsp3) is 0.357. The van der Waals surface area contributed by atoms with Gasteiger partial charge in [0.15, 0.2) is 0 Å². The first-order valence-electron chi connectivity index (χ1n) is 6.10. The molecule has 2 rings (SSSR count). The molecule has 0 spiro atoms. The summed E-state index contributed by atoms with van der Waals surface area (Å²) in [7, 11) is 4.10. The van der Waals surface area contributed by atoms with Crippen molar-refractivity contribution in [2.24, 2.45) is 7.05 Å². The van der Waals surface area contributed by atoms with Crippen molar-refractivity contribution in [3.05, 3.63) is 46.2 Å². The van der Waals surface area contributed by atoms with Gasteiger partial charge in [0.2, 0.25) is 0 Å². The second kappa shape index (κ2) is 5.57. The summed E-state index contributed by atoms with van der Waals surface area (Å²) in [6.07, 6.45) is 0.948. The van der Waals surface area contributed by atoms with Crippen LogP contribution in [0, 0.1) is 0 Å². The summed E-state index contributed by atoms with van der Waals surface area (Å²) >= 11 is 3.65. The Hall–Kier alpha value is -1.29. The zero-order valence-electron chi connectivity index (χ0n) is 11.0. The first-order chi connectivity index (χ1) is 8.63. The van der Waals surface area contributed by atoms with Crippen molar-refractivity contribution in [2.45, 2.75) is 19.9 Å². The SMILES string of the molecule is CCc1nn(C)c(CN(C)c2ccccc2)c1Br. The van der Waals surface area contributed by atoms with Gasteiger partial charge in [-0.15, -0.1) is 0 Å². The summed E-state index contributed by atoms with van der Waals surface area (Å²) in [5, 5.41) is 4.52. The van der Waals surface area contributed by atoms with Crippen LogP contribution in [0.2, 0.25) is 0 Å². The smallest absolute Gasteiger partial charge is 0.0767 e. The van der Waals surface area contributed by atoms with E-state index < -0.39 is 0 Å². The molecule has 0 radical (unpaired) electrons. The Balaban J connectivity index is 2.22. The first kappa shape index (κ1) is 13.1. The van der Waals surface area contributed by atoms with Gasteiger partial charge in [0.1, 0.15) is 0 Å². The van der Waals surface area contributed by atoms with Crippen LogP contribution in [0.4, 0.5) is 5.69 Å². The van der Waals surface area contributed by atoms with Gasteiger partial charge in [-0.1, -0.05) is 25.1 Å². The molecule has 1 aromatic carbocycles. The molecule has 0 saturated heterocycles. The Kier molecular flexibility index (Phi) is 4.07. The summed E-state index contributed by atoms with van der Waals surface area (Å²) in [5.74, 6) is 0. The van der Waals surface area contributed by atoms with Crippen molar-refractivity contribution in [1.82, 2.24) is 9.78 Å².